The van der Waals surface area contributed by atoms with E-state index in [0.717, 1.165) is 31.0 Å². The molecule has 0 spiro atoms. The van der Waals surface area contributed by atoms with Crippen LogP contribution in [0, 0.1) is 0 Å². The summed E-state index contributed by atoms with van der Waals surface area (Å²) < 4.78 is 15.9. The molecule has 1 atom stereocenters. The van der Waals surface area contributed by atoms with Gasteiger partial charge in [-0.15, -0.1) is 24.0 Å². The van der Waals surface area contributed by atoms with Crippen molar-refractivity contribution < 1.29 is 14.2 Å². The van der Waals surface area contributed by atoms with Crippen LogP contribution in [0.5, 0.6) is 0 Å². The number of rotatable bonds is 12. The molecule has 2 N–H and O–H groups in total. The molecule has 0 aliphatic heterocycles. The molecule has 0 saturated carbocycles. The fraction of sp³-hybridized carbons (Fsp3) is 0.611. The summed E-state index contributed by atoms with van der Waals surface area (Å²) in [5.41, 5.74) is 1.01. The van der Waals surface area contributed by atoms with E-state index in [9.17, 15) is 0 Å². The Kier molecular flexibility index (Phi) is 16.2. The third-order valence-corrected chi connectivity index (χ3v) is 3.69. The van der Waals surface area contributed by atoms with E-state index in [1.165, 1.54) is 0 Å². The summed E-state index contributed by atoms with van der Waals surface area (Å²) in [6.45, 7) is 6.07. The van der Waals surface area contributed by atoms with Gasteiger partial charge < -0.3 is 24.8 Å². The molecular weight excluding hydrogens is 469 g/mol. The smallest absolute Gasteiger partial charge is 0.191 e. The second kappa shape index (κ2) is 16.6. The molecule has 1 rings (SSSR count). The van der Waals surface area contributed by atoms with Gasteiger partial charge in [0.15, 0.2) is 5.96 Å². The highest BCUT2D eigenvalue weighted by Gasteiger charge is 2.10. The van der Waals surface area contributed by atoms with Crippen LogP contribution in [0.25, 0.3) is 0 Å². The summed E-state index contributed by atoms with van der Waals surface area (Å²) in [5, 5.41) is 7.23. The van der Waals surface area contributed by atoms with E-state index in [2.05, 4.69) is 15.6 Å². The first-order valence-corrected chi connectivity index (χ1v) is 8.96. The van der Waals surface area contributed by atoms with Gasteiger partial charge in [0.1, 0.15) is 6.10 Å². The fourth-order valence-corrected chi connectivity index (χ4v) is 2.36. The molecule has 1 unspecified atom stereocenters. The Morgan fingerprint density at radius 2 is 2.00 bits per heavy atom. The number of hydrogen-bond acceptors (Lipinski definition) is 4. The molecule has 26 heavy (non-hydrogen) atoms. The van der Waals surface area contributed by atoms with Crippen molar-refractivity contribution in [2.75, 3.05) is 53.7 Å². The number of aliphatic imine (C=N–C) groups is 1. The predicted molar refractivity (Wildman–Crippen MR) is 118 cm³/mol. The number of nitrogens with one attached hydrogen (secondary N) is 2. The van der Waals surface area contributed by atoms with Crippen LogP contribution >= 0.6 is 35.6 Å². The first-order chi connectivity index (χ1) is 12.2. The second-order valence-electron chi connectivity index (χ2n) is 5.38. The third-order valence-electron chi connectivity index (χ3n) is 3.45. The SMILES string of the molecule is CCNC(=NCC(OC)c1cccc(Cl)c1)NCCCOCCOC.I. The summed E-state index contributed by atoms with van der Waals surface area (Å²) in [6.07, 6.45) is 0.766. The van der Waals surface area contributed by atoms with Crippen molar-refractivity contribution in [3.05, 3.63) is 34.9 Å². The molecule has 1 aromatic rings. The van der Waals surface area contributed by atoms with Gasteiger partial charge in [-0.3, -0.25) is 4.99 Å². The zero-order valence-corrected chi connectivity index (χ0v) is 18.9. The van der Waals surface area contributed by atoms with Crippen molar-refractivity contribution in [3.8, 4) is 0 Å². The van der Waals surface area contributed by atoms with Crippen LogP contribution in [0.1, 0.15) is 25.0 Å². The lowest BCUT2D eigenvalue weighted by Gasteiger charge is -2.16. The van der Waals surface area contributed by atoms with Crippen LogP contribution < -0.4 is 10.6 Å². The predicted octanol–water partition coefficient (Wildman–Crippen LogP) is 3.25. The summed E-state index contributed by atoms with van der Waals surface area (Å²) in [7, 11) is 3.35. The summed E-state index contributed by atoms with van der Waals surface area (Å²) in [4.78, 5) is 4.60. The number of hydrogen-bond donors (Lipinski definition) is 2. The van der Waals surface area contributed by atoms with Gasteiger partial charge in [0, 0.05) is 38.9 Å². The van der Waals surface area contributed by atoms with Crippen LogP contribution in [-0.2, 0) is 14.2 Å². The molecule has 0 bridgehead atoms. The summed E-state index contributed by atoms with van der Waals surface area (Å²) in [5.74, 6) is 0.767. The topological polar surface area (TPSA) is 64.1 Å². The Morgan fingerprint density at radius 1 is 1.19 bits per heavy atom. The molecule has 0 amide bonds. The molecular formula is C18H31ClIN3O3. The molecule has 6 nitrogen and oxygen atoms in total. The van der Waals surface area contributed by atoms with Gasteiger partial charge in [0.25, 0.3) is 0 Å². The van der Waals surface area contributed by atoms with E-state index < -0.39 is 0 Å². The first-order valence-electron chi connectivity index (χ1n) is 8.58. The van der Waals surface area contributed by atoms with Crippen LogP contribution in [0.15, 0.2) is 29.3 Å². The lowest BCUT2D eigenvalue weighted by molar-refractivity contribution is 0.0698. The normalized spacial score (nSPS) is 12.4. The Bertz CT molecular complexity index is 506. The highest BCUT2D eigenvalue weighted by molar-refractivity contribution is 14.0. The minimum absolute atomic E-state index is 0. The zero-order valence-electron chi connectivity index (χ0n) is 15.8. The number of methoxy groups -OCH3 is 2. The average molecular weight is 500 g/mol. The molecule has 0 aromatic heterocycles. The standard InChI is InChI=1S/C18H30ClN3O3.HI/c1-4-20-18(21-9-6-10-25-12-11-23-2)22-14-17(24-3)15-7-5-8-16(19)13-15;/h5,7-8,13,17H,4,6,9-12,14H2,1-3H3,(H2,20,21,22);1H. The number of nitrogens with zero attached hydrogens (tertiary/aromatic N) is 1. The van der Waals surface area contributed by atoms with Gasteiger partial charge in [-0.1, -0.05) is 23.7 Å². The minimum atomic E-state index is -0.133. The molecule has 150 valence electrons. The van der Waals surface area contributed by atoms with Crippen LogP contribution in [0.2, 0.25) is 5.02 Å². The number of guanidine groups is 1. The maximum atomic E-state index is 6.05. The molecule has 0 saturated heterocycles. The number of benzene rings is 1. The Balaban J connectivity index is 0.00000625. The Labute approximate surface area is 179 Å². The maximum Gasteiger partial charge on any atom is 0.191 e. The maximum absolute atomic E-state index is 6.05. The Hall–Kier alpha value is -0.610. The van der Waals surface area contributed by atoms with Gasteiger partial charge in [-0.25, -0.2) is 0 Å². The van der Waals surface area contributed by atoms with Gasteiger partial charge in [0.2, 0.25) is 0 Å². The van der Waals surface area contributed by atoms with Crippen LogP contribution in [-0.4, -0.2) is 59.6 Å². The minimum Gasteiger partial charge on any atom is -0.382 e. The van der Waals surface area contributed by atoms with Crippen molar-refractivity contribution in [1.29, 1.82) is 0 Å². The molecule has 0 radical (unpaired) electrons. The Morgan fingerprint density at radius 3 is 2.65 bits per heavy atom. The van der Waals surface area contributed by atoms with Crippen molar-refractivity contribution in [1.82, 2.24) is 10.6 Å². The highest BCUT2D eigenvalue weighted by atomic mass is 127. The first kappa shape index (κ1) is 25.4. The van der Waals surface area contributed by atoms with E-state index in [4.69, 9.17) is 25.8 Å². The number of halogens is 2. The summed E-state index contributed by atoms with van der Waals surface area (Å²) >= 11 is 6.05. The second-order valence-corrected chi connectivity index (χ2v) is 5.82. The molecule has 8 heteroatoms. The van der Waals surface area contributed by atoms with Gasteiger partial charge in [-0.2, -0.15) is 0 Å². The van der Waals surface area contributed by atoms with Crippen molar-refractivity contribution in [2.24, 2.45) is 4.99 Å². The fourth-order valence-electron chi connectivity index (χ4n) is 2.16. The van der Waals surface area contributed by atoms with Gasteiger partial charge >= 0.3 is 0 Å². The molecule has 0 heterocycles. The van der Waals surface area contributed by atoms with Crippen molar-refractivity contribution in [3.63, 3.8) is 0 Å². The summed E-state index contributed by atoms with van der Waals surface area (Å²) in [6, 6.07) is 7.66. The average Bonchev–Trinajstić information content (AvgIpc) is 2.61. The lowest BCUT2D eigenvalue weighted by Crippen LogP contribution is -2.38. The molecule has 0 aliphatic carbocycles. The van der Waals surface area contributed by atoms with Crippen molar-refractivity contribution in [2.45, 2.75) is 19.4 Å². The zero-order chi connectivity index (χ0) is 18.3. The van der Waals surface area contributed by atoms with Gasteiger partial charge in [-0.05, 0) is 31.0 Å². The monoisotopic (exact) mass is 499 g/mol. The largest absolute Gasteiger partial charge is 0.382 e. The molecule has 1 aromatic carbocycles. The van der Waals surface area contributed by atoms with E-state index in [0.29, 0.717) is 31.4 Å². The third kappa shape index (κ3) is 11.2. The lowest BCUT2D eigenvalue weighted by atomic mass is 10.1. The van der Waals surface area contributed by atoms with E-state index in [-0.39, 0.29) is 30.1 Å². The van der Waals surface area contributed by atoms with E-state index in [1.54, 1.807) is 14.2 Å². The van der Waals surface area contributed by atoms with Gasteiger partial charge in [0.05, 0.1) is 19.8 Å². The van der Waals surface area contributed by atoms with E-state index >= 15 is 0 Å². The molecule has 0 aliphatic rings. The number of ether oxygens (including phenoxy) is 3. The van der Waals surface area contributed by atoms with E-state index in [1.807, 2.05) is 31.2 Å². The molecule has 0 fully saturated rings. The highest BCUT2D eigenvalue weighted by Crippen LogP contribution is 2.20. The van der Waals surface area contributed by atoms with Crippen LogP contribution in [0.3, 0.4) is 0 Å². The van der Waals surface area contributed by atoms with Crippen LogP contribution in [0.4, 0.5) is 0 Å². The van der Waals surface area contributed by atoms with Crippen molar-refractivity contribution >= 4 is 41.5 Å². The quantitative estimate of drug-likeness (QED) is 0.200.